The van der Waals surface area contributed by atoms with Crippen LogP contribution in [0.5, 0.6) is 11.5 Å². The minimum absolute atomic E-state index is 0.145. The van der Waals surface area contributed by atoms with Crippen LogP contribution in [-0.4, -0.2) is 25.1 Å². The van der Waals surface area contributed by atoms with E-state index < -0.39 is 5.82 Å². The van der Waals surface area contributed by atoms with Crippen LogP contribution in [0.3, 0.4) is 0 Å². The van der Waals surface area contributed by atoms with E-state index in [4.69, 9.17) is 9.47 Å². The Morgan fingerprint density at radius 2 is 1.81 bits per heavy atom. The number of aromatic nitrogens is 1. The number of ether oxygens (including phenoxy) is 2. The van der Waals surface area contributed by atoms with Gasteiger partial charge in [-0.1, -0.05) is 6.07 Å². The normalized spacial score (nSPS) is 10.6. The molecule has 1 amide bonds. The molecule has 0 aliphatic rings. The van der Waals surface area contributed by atoms with Crippen molar-refractivity contribution < 1.29 is 18.7 Å². The van der Waals surface area contributed by atoms with Gasteiger partial charge in [0.2, 0.25) is 0 Å². The molecule has 5 nitrogen and oxygen atoms in total. The number of methoxy groups -OCH3 is 2. The first-order valence-corrected chi connectivity index (χ1v) is 9.02. The second-order valence-corrected chi connectivity index (χ2v) is 6.94. The molecule has 0 saturated heterocycles. The lowest BCUT2D eigenvalue weighted by Crippen LogP contribution is -2.12. The van der Waals surface area contributed by atoms with Crippen molar-refractivity contribution in [1.29, 1.82) is 0 Å². The maximum atomic E-state index is 14.0. The number of thiazole rings is 1. The van der Waals surface area contributed by atoms with Crippen LogP contribution < -0.4 is 14.8 Å². The smallest absolute Gasteiger partial charge is 0.267 e. The minimum atomic E-state index is -0.467. The van der Waals surface area contributed by atoms with Crippen LogP contribution in [0, 0.1) is 19.7 Å². The van der Waals surface area contributed by atoms with Crippen molar-refractivity contribution in [3.8, 4) is 22.1 Å². The summed E-state index contributed by atoms with van der Waals surface area (Å²) in [6, 6.07) is 10.1. The Labute approximate surface area is 160 Å². The van der Waals surface area contributed by atoms with Crippen molar-refractivity contribution in [2.75, 3.05) is 19.5 Å². The summed E-state index contributed by atoms with van der Waals surface area (Å²) in [4.78, 5) is 17.5. The Morgan fingerprint density at radius 3 is 2.48 bits per heavy atom. The number of nitrogens with one attached hydrogen (secondary N) is 1. The molecule has 0 spiro atoms. The number of nitrogens with zero attached hydrogens (tertiary/aromatic N) is 1. The second kappa shape index (κ2) is 7.75. The van der Waals surface area contributed by atoms with E-state index in [1.807, 2.05) is 6.07 Å². The first-order valence-electron chi connectivity index (χ1n) is 8.20. The minimum Gasteiger partial charge on any atom is -0.493 e. The molecule has 140 valence electrons. The van der Waals surface area contributed by atoms with Gasteiger partial charge in [0.15, 0.2) is 11.5 Å². The molecule has 1 heterocycles. The zero-order valence-corrected chi connectivity index (χ0v) is 16.2. The number of carbonyl (C=O) groups excluding carboxylic acids is 1. The van der Waals surface area contributed by atoms with Crippen LogP contribution in [0.25, 0.3) is 10.6 Å². The molecule has 0 fully saturated rings. The predicted octanol–water partition coefficient (Wildman–Crippen LogP) is 4.84. The SMILES string of the molecule is COc1ccc(-c2nc(C)c(C(=O)Nc3ccc(C)cc3F)s2)cc1OC. The van der Waals surface area contributed by atoms with Crippen LogP contribution in [0.1, 0.15) is 20.9 Å². The molecule has 27 heavy (non-hydrogen) atoms. The summed E-state index contributed by atoms with van der Waals surface area (Å²) in [6.07, 6.45) is 0. The first-order chi connectivity index (χ1) is 12.9. The zero-order chi connectivity index (χ0) is 19.6. The average molecular weight is 386 g/mol. The molecule has 3 rings (SSSR count). The van der Waals surface area contributed by atoms with Gasteiger partial charge < -0.3 is 14.8 Å². The van der Waals surface area contributed by atoms with E-state index in [9.17, 15) is 9.18 Å². The van der Waals surface area contributed by atoms with Crippen molar-refractivity contribution in [3.05, 3.63) is 58.3 Å². The third kappa shape index (κ3) is 3.93. The van der Waals surface area contributed by atoms with Gasteiger partial charge in [-0.05, 0) is 49.7 Å². The number of rotatable bonds is 5. The summed E-state index contributed by atoms with van der Waals surface area (Å²) in [5.41, 5.74) is 2.32. The standard InChI is InChI=1S/C20H19FN2O3S/c1-11-5-7-15(14(21)9-11)23-19(24)18-12(2)22-20(27-18)13-6-8-16(25-3)17(10-13)26-4/h5-10H,1-4H3,(H,23,24). The average Bonchev–Trinajstić information content (AvgIpc) is 3.05. The number of amides is 1. The Bertz CT molecular complexity index is 1000. The van der Waals surface area contributed by atoms with E-state index in [1.165, 1.54) is 17.4 Å². The number of aryl methyl sites for hydroxylation is 2. The number of carbonyl (C=O) groups is 1. The summed E-state index contributed by atoms with van der Waals surface area (Å²) >= 11 is 1.24. The highest BCUT2D eigenvalue weighted by Crippen LogP contribution is 2.35. The summed E-state index contributed by atoms with van der Waals surface area (Å²) in [5, 5.41) is 3.28. The van der Waals surface area contributed by atoms with Gasteiger partial charge in [0, 0.05) is 5.56 Å². The van der Waals surface area contributed by atoms with Gasteiger partial charge >= 0.3 is 0 Å². The van der Waals surface area contributed by atoms with E-state index in [0.717, 1.165) is 11.1 Å². The Kier molecular flexibility index (Phi) is 5.41. The van der Waals surface area contributed by atoms with Crippen molar-refractivity contribution >= 4 is 22.9 Å². The second-order valence-electron chi connectivity index (χ2n) is 5.94. The Morgan fingerprint density at radius 1 is 1.07 bits per heavy atom. The predicted molar refractivity (Wildman–Crippen MR) is 104 cm³/mol. The molecular weight excluding hydrogens is 367 g/mol. The molecule has 0 aliphatic carbocycles. The van der Waals surface area contributed by atoms with Gasteiger partial charge in [-0.25, -0.2) is 9.37 Å². The maximum Gasteiger partial charge on any atom is 0.267 e. The lowest BCUT2D eigenvalue weighted by atomic mass is 10.2. The quantitative estimate of drug-likeness (QED) is 0.682. The molecule has 0 saturated carbocycles. The van der Waals surface area contributed by atoms with E-state index >= 15 is 0 Å². The monoisotopic (exact) mass is 386 g/mol. The van der Waals surface area contributed by atoms with Gasteiger partial charge in [0.05, 0.1) is 25.6 Å². The van der Waals surface area contributed by atoms with Gasteiger partial charge in [-0.2, -0.15) is 0 Å². The molecule has 0 radical (unpaired) electrons. The van der Waals surface area contributed by atoms with E-state index in [0.29, 0.717) is 27.1 Å². The number of hydrogen-bond donors (Lipinski definition) is 1. The summed E-state index contributed by atoms with van der Waals surface area (Å²) in [7, 11) is 3.13. The lowest BCUT2D eigenvalue weighted by Gasteiger charge is -2.08. The molecule has 0 bridgehead atoms. The van der Waals surface area contributed by atoms with E-state index in [1.54, 1.807) is 52.3 Å². The van der Waals surface area contributed by atoms with Gasteiger partial charge in [-0.15, -0.1) is 11.3 Å². The van der Waals surface area contributed by atoms with E-state index in [-0.39, 0.29) is 11.6 Å². The fraction of sp³-hybridized carbons (Fsp3) is 0.200. The highest BCUT2D eigenvalue weighted by Gasteiger charge is 2.18. The van der Waals surface area contributed by atoms with Crippen LogP contribution in [-0.2, 0) is 0 Å². The first kappa shape index (κ1) is 18.8. The highest BCUT2D eigenvalue weighted by molar-refractivity contribution is 7.17. The van der Waals surface area contributed by atoms with Gasteiger partial charge in [0.1, 0.15) is 15.7 Å². The number of benzene rings is 2. The highest BCUT2D eigenvalue weighted by atomic mass is 32.1. The Hall–Kier alpha value is -2.93. The number of anilines is 1. The van der Waals surface area contributed by atoms with Crippen LogP contribution in [0.15, 0.2) is 36.4 Å². The van der Waals surface area contributed by atoms with Crippen molar-refractivity contribution in [2.24, 2.45) is 0 Å². The summed E-state index contributed by atoms with van der Waals surface area (Å²) < 4.78 is 24.6. The Balaban J connectivity index is 1.89. The molecule has 2 aromatic carbocycles. The van der Waals surface area contributed by atoms with E-state index in [2.05, 4.69) is 10.3 Å². The molecule has 3 aromatic rings. The molecule has 0 atom stereocenters. The summed E-state index contributed by atoms with van der Waals surface area (Å²) in [5.74, 6) is 0.336. The van der Waals surface area contributed by atoms with Crippen LogP contribution in [0.2, 0.25) is 0 Å². The lowest BCUT2D eigenvalue weighted by molar-refractivity contribution is 0.102. The maximum absolute atomic E-state index is 14.0. The summed E-state index contributed by atoms with van der Waals surface area (Å²) in [6.45, 7) is 3.54. The number of halogens is 1. The number of hydrogen-bond acceptors (Lipinski definition) is 5. The van der Waals surface area contributed by atoms with Crippen LogP contribution in [0.4, 0.5) is 10.1 Å². The molecule has 1 aromatic heterocycles. The van der Waals surface area contributed by atoms with Gasteiger partial charge in [-0.3, -0.25) is 4.79 Å². The zero-order valence-electron chi connectivity index (χ0n) is 15.4. The third-order valence-electron chi connectivity index (χ3n) is 4.01. The largest absolute Gasteiger partial charge is 0.493 e. The molecule has 0 unspecified atom stereocenters. The fourth-order valence-electron chi connectivity index (χ4n) is 2.60. The van der Waals surface area contributed by atoms with Gasteiger partial charge in [0.25, 0.3) is 5.91 Å². The van der Waals surface area contributed by atoms with Crippen LogP contribution >= 0.6 is 11.3 Å². The molecule has 0 aliphatic heterocycles. The molecular formula is C20H19FN2O3S. The third-order valence-corrected chi connectivity index (χ3v) is 5.21. The molecule has 7 heteroatoms. The van der Waals surface area contributed by atoms with Crippen molar-refractivity contribution in [2.45, 2.75) is 13.8 Å². The van der Waals surface area contributed by atoms with Crippen molar-refractivity contribution in [3.63, 3.8) is 0 Å². The fourth-order valence-corrected chi connectivity index (χ4v) is 3.56. The topological polar surface area (TPSA) is 60.5 Å². The molecule has 1 N–H and O–H groups in total. The van der Waals surface area contributed by atoms with Crippen molar-refractivity contribution in [1.82, 2.24) is 4.98 Å².